The van der Waals surface area contributed by atoms with Crippen molar-refractivity contribution in [2.24, 2.45) is 10.9 Å². The summed E-state index contributed by atoms with van der Waals surface area (Å²) in [4.78, 5) is 22.2. The normalized spacial score (nSPS) is 26.4. The largest absolute Gasteiger partial charge is 0.365 e. The monoisotopic (exact) mass is 505 g/mol. The maximum Gasteiger partial charge on any atom is 0.327 e. The lowest BCUT2D eigenvalue weighted by atomic mass is 10.1. The number of fused-ring (bicyclic) bond motifs is 2. The molecule has 1 saturated heterocycles. The summed E-state index contributed by atoms with van der Waals surface area (Å²) in [5.74, 6) is 2.55. The van der Waals surface area contributed by atoms with E-state index in [9.17, 15) is 4.79 Å². The summed E-state index contributed by atoms with van der Waals surface area (Å²) in [5.41, 5.74) is 2.38. The molecular weight excluding hydrogens is 477 g/mol. The van der Waals surface area contributed by atoms with Crippen LogP contribution in [0.3, 0.4) is 0 Å². The average Bonchev–Trinajstić information content (AvgIpc) is 3.43. The van der Waals surface area contributed by atoms with E-state index in [1.54, 1.807) is 0 Å². The number of nitrogens with one attached hydrogen (secondary N) is 2. The van der Waals surface area contributed by atoms with Gasteiger partial charge in [-0.1, -0.05) is 31.9 Å². The Kier molecular flexibility index (Phi) is 5.17. The summed E-state index contributed by atoms with van der Waals surface area (Å²) in [7, 11) is 0. The van der Waals surface area contributed by atoms with Gasteiger partial charge in [-0.2, -0.15) is 0 Å². The third-order valence-electron chi connectivity index (χ3n) is 6.40. The van der Waals surface area contributed by atoms with Crippen LogP contribution >= 0.6 is 22.6 Å². The van der Waals surface area contributed by atoms with E-state index in [1.807, 2.05) is 9.80 Å². The van der Waals surface area contributed by atoms with Crippen molar-refractivity contribution in [2.75, 3.05) is 13.1 Å². The van der Waals surface area contributed by atoms with Gasteiger partial charge in [0.2, 0.25) is 0 Å². The zero-order valence-corrected chi connectivity index (χ0v) is 19.0. The van der Waals surface area contributed by atoms with Gasteiger partial charge in [0, 0.05) is 28.6 Å². The van der Waals surface area contributed by atoms with Crippen LogP contribution in [0.4, 0.5) is 4.79 Å². The minimum Gasteiger partial charge on any atom is -0.365 e. The quantitative estimate of drug-likeness (QED) is 0.601. The van der Waals surface area contributed by atoms with Crippen LogP contribution in [-0.2, 0) is 6.42 Å². The highest BCUT2D eigenvalue weighted by Gasteiger charge is 2.47. The number of aliphatic imine (C=N–C) groups is 1. The molecule has 3 aliphatic heterocycles. The molecule has 1 aromatic rings. The van der Waals surface area contributed by atoms with Gasteiger partial charge in [-0.3, -0.25) is 9.80 Å². The Balaban J connectivity index is 1.42. The van der Waals surface area contributed by atoms with Crippen molar-refractivity contribution in [1.82, 2.24) is 20.4 Å². The first-order chi connectivity index (χ1) is 14.1. The van der Waals surface area contributed by atoms with Crippen molar-refractivity contribution in [3.8, 4) is 0 Å². The van der Waals surface area contributed by atoms with E-state index >= 15 is 0 Å². The Morgan fingerprint density at radius 3 is 2.86 bits per heavy atom. The number of benzene rings is 1. The summed E-state index contributed by atoms with van der Waals surface area (Å²) in [6.07, 6.45) is 6.63. The number of rotatable bonds is 5. The number of carbonyl (C=O) groups excluding carboxylic acids is 1. The molecule has 1 aliphatic carbocycles. The first-order valence-electron chi connectivity index (χ1n) is 10.8. The van der Waals surface area contributed by atoms with Crippen LogP contribution in [0.15, 0.2) is 40.8 Å². The molecule has 0 spiro atoms. The van der Waals surface area contributed by atoms with Gasteiger partial charge >= 0.3 is 6.03 Å². The smallest absolute Gasteiger partial charge is 0.327 e. The number of amides is 2. The fourth-order valence-electron chi connectivity index (χ4n) is 5.05. The fourth-order valence-corrected chi connectivity index (χ4v) is 5.66. The fraction of sp³-hybridized carbons (Fsp3) is 0.545. The summed E-state index contributed by atoms with van der Waals surface area (Å²) in [6, 6.07) is 8.92. The van der Waals surface area contributed by atoms with Crippen LogP contribution in [0, 0.1) is 9.49 Å². The highest BCUT2D eigenvalue weighted by molar-refractivity contribution is 14.1. The van der Waals surface area contributed by atoms with Gasteiger partial charge in [0.25, 0.3) is 0 Å². The van der Waals surface area contributed by atoms with Crippen molar-refractivity contribution in [3.05, 3.63) is 44.9 Å². The van der Waals surface area contributed by atoms with Crippen molar-refractivity contribution >= 4 is 34.5 Å². The lowest BCUT2D eigenvalue weighted by Crippen LogP contribution is -2.53. The van der Waals surface area contributed by atoms with E-state index in [4.69, 9.17) is 4.99 Å². The number of hydrogen-bond acceptors (Lipinski definition) is 4. The number of carbonyl (C=O) groups is 1. The van der Waals surface area contributed by atoms with Crippen LogP contribution in [0.2, 0.25) is 0 Å². The molecule has 0 aromatic heterocycles. The lowest BCUT2D eigenvalue weighted by molar-refractivity contribution is 0.146. The molecule has 0 bridgehead atoms. The van der Waals surface area contributed by atoms with Crippen LogP contribution in [0.1, 0.15) is 44.6 Å². The topological polar surface area (TPSA) is 60.0 Å². The zero-order chi connectivity index (χ0) is 20.0. The molecule has 2 fully saturated rings. The zero-order valence-electron chi connectivity index (χ0n) is 16.8. The van der Waals surface area contributed by atoms with Crippen molar-refractivity contribution < 1.29 is 4.79 Å². The molecule has 2 N–H and O–H groups in total. The molecule has 154 valence electrons. The van der Waals surface area contributed by atoms with E-state index in [0.29, 0.717) is 12.5 Å². The molecule has 0 radical (unpaired) electrons. The maximum atomic E-state index is 13.3. The number of urea groups is 1. The predicted molar refractivity (Wildman–Crippen MR) is 122 cm³/mol. The van der Waals surface area contributed by atoms with Gasteiger partial charge in [0.15, 0.2) is 6.17 Å². The van der Waals surface area contributed by atoms with Gasteiger partial charge in [0.1, 0.15) is 17.4 Å². The Bertz CT molecular complexity index is 876. The number of nitrogens with zero attached hydrogens (tertiary/aromatic N) is 3. The number of amidine groups is 1. The van der Waals surface area contributed by atoms with Gasteiger partial charge in [-0.15, -0.1) is 0 Å². The first-order valence-corrected chi connectivity index (χ1v) is 11.9. The van der Waals surface area contributed by atoms with E-state index in [2.05, 4.69) is 64.4 Å². The van der Waals surface area contributed by atoms with Crippen LogP contribution in [-0.4, -0.2) is 47.0 Å². The summed E-state index contributed by atoms with van der Waals surface area (Å²) < 4.78 is 1.25. The van der Waals surface area contributed by atoms with E-state index in [0.717, 1.165) is 36.7 Å². The molecule has 4 aliphatic rings. The Morgan fingerprint density at radius 1 is 1.28 bits per heavy atom. The van der Waals surface area contributed by atoms with Gasteiger partial charge in [-0.25, -0.2) is 9.79 Å². The van der Waals surface area contributed by atoms with Gasteiger partial charge in [-0.05, 0) is 66.0 Å². The summed E-state index contributed by atoms with van der Waals surface area (Å²) >= 11 is 2.35. The second kappa shape index (κ2) is 7.81. The number of halogens is 1. The molecule has 5 rings (SSSR count). The highest BCUT2D eigenvalue weighted by Crippen LogP contribution is 2.35. The third-order valence-corrected chi connectivity index (χ3v) is 7.07. The molecule has 2 unspecified atom stereocenters. The summed E-state index contributed by atoms with van der Waals surface area (Å²) in [6.45, 7) is 3.57. The molecular formula is C22H28IN5O. The lowest BCUT2D eigenvalue weighted by Gasteiger charge is -2.36. The van der Waals surface area contributed by atoms with Crippen LogP contribution < -0.4 is 10.6 Å². The Hall–Kier alpha value is -1.77. The van der Waals surface area contributed by atoms with Gasteiger partial charge in [0.05, 0.1) is 0 Å². The van der Waals surface area contributed by atoms with Crippen LogP contribution in [0.5, 0.6) is 0 Å². The second-order valence-electron chi connectivity index (χ2n) is 8.52. The van der Waals surface area contributed by atoms with Crippen molar-refractivity contribution in [3.63, 3.8) is 0 Å². The Labute approximate surface area is 185 Å². The molecule has 29 heavy (non-hydrogen) atoms. The summed E-state index contributed by atoms with van der Waals surface area (Å²) in [5, 5.41) is 7.30. The first kappa shape index (κ1) is 19.2. The molecule has 2 amide bonds. The minimum atomic E-state index is -0.187. The minimum absolute atomic E-state index is 0.0893. The standard InChI is InChI=1S/C22H28IN5O/c1-2-10-27-21-18(25-19(26-21)15-7-3-4-8-15)20-24-17(13-28(20)22(27)29)12-14-6-5-9-16(23)11-14/h5-6,9,11,15,17,21,24H,2-4,7-8,10,12-13H2,1H3,(H,25,26). The van der Waals surface area contributed by atoms with E-state index in [1.165, 1.54) is 34.8 Å². The average molecular weight is 505 g/mol. The second-order valence-corrected chi connectivity index (χ2v) is 9.76. The maximum absolute atomic E-state index is 13.3. The highest BCUT2D eigenvalue weighted by atomic mass is 127. The van der Waals surface area contributed by atoms with Gasteiger partial charge < -0.3 is 10.6 Å². The van der Waals surface area contributed by atoms with E-state index < -0.39 is 0 Å². The molecule has 3 heterocycles. The van der Waals surface area contributed by atoms with Crippen molar-refractivity contribution in [2.45, 2.75) is 57.7 Å². The molecule has 1 aromatic carbocycles. The molecule has 2 atom stereocenters. The van der Waals surface area contributed by atoms with Crippen molar-refractivity contribution in [1.29, 1.82) is 0 Å². The molecule has 6 nitrogen and oxygen atoms in total. The third kappa shape index (κ3) is 3.51. The predicted octanol–water partition coefficient (Wildman–Crippen LogP) is 3.64. The Morgan fingerprint density at radius 2 is 2.10 bits per heavy atom. The SMILES string of the molecule is CCCN1C(=O)N2CC(Cc3cccc(I)c3)NC2=C2NC(C3CCCC3)=NC21. The van der Waals surface area contributed by atoms with E-state index in [-0.39, 0.29) is 18.2 Å². The molecule has 7 heteroatoms. The molecule has 1 saturated carbocycles. The number of hydrogen-bond donors (Lipinski definition) is 2. The van der Waals surface area contributed by atoms with Crippen LogP contribution in [0.25, 0.3) is 0 Å².